The lowest BCUT2D eigenvalue weighted by Gasteiger charge is -2.17. The van der Waals surface area contributed by atoms with Gasteiger partial charge >= 0.3 is 0 Å². The highest BCUT2D eigenvalue weighted by Gasteiger charge is 2.23. The average molecular weight is 252 g/mol. The van der Waals surface area contributed by atoms with Gasteiger partial charge in [0.1, 0.15) is 6.67 Å². The molecule has 0 spiro atoms. The summed E-state index contributed by atoms with van der Waals surface area (Å²) in [7, 11) is 0. The number of fused-ring (bicyclic) bond motifs is 2. The van der Waals surface area contributed by atoms with Crippen molar-refractivity contribution < 1.29 is 0 Å². The SMILES string of the molecule is [c]1ccc2scc(N3CN4C=CC=CC4=N3)c2c1. The molecule has 0 saturated heterocycles. The number of hydrogen-bond acceptors (Lipinski definition) is 4. The van der Waals surface area contributed by atoms with Crippen LogP contribution in [0, 0.1) is 6.07 Å². The molecule has 2 aromatic rings. The Hall–Kier alpha value is -2.07. The molecule has 1 aromatic carbocycles. The zero-order valence-electron chi connectivity index (χ0n) is 9.58. The minimum absolute atomic E-state index is 0.775. The van der Waals surface area contributed by atoms with E-state index in [0.717, 1.165) is 18.2 Å². The topological polar surface area (TPSA) is 18.8 Å². The number of hydrazone groups is 1. The van der Waals surface area contributed by atoms with Crippen LogP contribution in [0.2, 0.25) is 0 Å². The number of anilines is 1. The van der Waals surface area contributed by atoms with Crippen molar-refractivity contribution in [3.63, 3.8) is 0 Å². The van der Waals surface area contributed by atoms with Gasteiger partial charge in [-0.05, 0) is 30.4 Å². The molecule has 2 aliphatic heterocycles. The Kier molecular flexibility index (Phi) is 2.04. The van der Waals surface area contributed by atoms with Gasteiger partial charge < -0.3 is 4.90 Å². The smallest absolute Gasteiger partial charge is 0.154 e. The van der Waals surface area contributed by atoms with Crippen molar-refractivity contribution in [2.24, 2.45) is 5.10 Å². The minimum Gasteiger partial charge on any atom is -0.311 e. The fourth-order valence-corrected chi connectivity index (χ4v) is 3.13. The molecule has 0 N–H and O–H groups in total. The first-order valence-electron chi connectivity index (χ1n) is 5.77. The van der Waals surface area contributed by atoms with Crippen molar-refractivity contribution in [1.29, 1.82) is 0 Å². The van der Waals surface area contributed by atoms with Crippen LogP contribution in [0.4, 0.5) is 5.69 Å². The van der Waals surface area contributed by atoms with Crippen molar-refractivity contribution in [2.75, 3.05) is 11.7 Å². The molecule has 0 aliphatic carbocycles. The number of hydrogen-bond donors (Lipinski definition) is 0. The van der Waals surface area contributed by atoms with E-state index in [2.05, 4.69) is 33.7 Å². The first-order chi connectivity index (χ1) is 8.92. The van der Waals surface area contributed by atoms with Gasteiger partial charge in [0.05, 0.1) is 5.69 Å². The highest BCUT2D eigenvalue weighted by Crippen LogP contribution is 2.34. The van der Waals surface area contributed by atoms with Crippen molar-refractivity contribution >= 4 is 32.9 Å². The summed E-state index contributed by atoms with van der Waals surface area (Å²) in [5.41, 5.74) is 1.16. The Morgan fingerprint density at radius 3 is 3.28 bits per heavy atom. The Balaban J connectivity index is 1.79. The molecule has 4 rings (SSSR count). The number of allylic oxidation sites excluding steroid dienone is 2. The van der Waals surface area contributed by atoms with E-state index in [1.807, 2.05) is 35.4 Å². The van der Waals surface area contributed by atoms with E-state index >= 15 is 0 Å². The molecule has 0 fully saturated rings. The first-order valence-corrected chi connectivity index (χ1v) is 6.65. The van der Waals surface area contributed by atoms with Crippen LogP contribution >= 0.6 is 11.3 Å². The number of rotatable bonds is 1. The highest BCUT2D eigenvalue weighted by molar-refractivity contribution is 7.17. The molecule has 0 unspecified atom stereocenters. The van der Waals surface area contributed by atoms with Crippen LogP contribution in [0.15, 0.2) is 53.1 Å². The second-order valence-electron chi connectivity index (χ2n) is 4.21. The van der Waals surface area contributed by atoms with Gasteiger partial charge in [-0.25, -0.2) is 5.01 Å². The fraction of sp³-hybridized carbons (Fsp3) is 0.0714. The zero-order chi connectivity index (χ0) is 11.9. The maximum Gasteiger partial charge on any atom is 0.154 e. The first kappa shape index (κ1) is 9.91. The predicted octanol–water partition coefficient (Wildman–Crippen LogP) is 3.18. The third kappa shape index (κ3) is 1.39. The molecular weight excluding hydrogens is 242 g/mol. The summed E-state index contributed by atoms with van der Waals surface area (Å²) in [6.45, 7) is 0.775. The van der Waals surface area contributed by atoms with Gasteiger partial charge in [0, 0.05) is 21.7 Å². The highest BCUT2D eigenvalue weighted by atomic mass is 32.1. The fourth-order valence-electron chi connectivity index (χ4n) is 2.21. The third-order valence-electron chi connectivity index (χ3n) is 3.10. The normalized spacial score (nSPS) is 17.4. The van der Waals surface area contributed by atoms with Gasteiger partial charge in [-0.3, -0.25) is 0 Å². The predicted molar refractivity (Wildman–Crippen MR) is 75.6 cm³/mol. The van der Waals surface area contributed by atoms with E-state index in [9.17, 15) is 0 Å². The Morgan fingerprint density at radius 1 is 1.33 bits per heavy atom. The van der Waals surface area contributed by atoms with E-state index in [1.165, 1.54) is 10.1 Å². The molecule has 1 aromatic heterocycles. The van der Waals surface area contributed by atoms with Crippen LogP contribution < -0.4 is 5.01 Å². The second-order valence-corrected chi connectivity index (χ2v) is 5.12. The van der Waals surface area contributed by atoms with Crippen LogP contribution in [-0.2, 0) is 0 Å². The van der Waals surface area contributed by atoms with Crippen molar-refractivity contribution in [3.8, 4) is 0 Å². The van der Waals surface area contributed by atoms with E-state index in [4.69, 9.17) is 0 Å². The zero-order valence-corrected chi connectivity index (χ0v) is 10.4. The van der Waals surface area contributed by atoms with E-state index < -0.39 is 0 Å². The van der Waals surface area contributed by atoms with Crippen LogP contribution in [0.3, 0.4) is 0 Å². The Morgan fingerprint density at radius 2 is 2.33 bits per heavy atom. The number of benzene rings is 1. The molecule has 18 heavy (non-hydrogen) atoms. The van der Waals surface area contributed by atoms with Crippen LogP contribution in [-0.4, -0.2) is 17.4 Å². The number of amidine groups is 1. The van der Waals surface area contributed by atoms with Crippen molar-refractivity contribution in [1.82, 2.24) is 4.90 Å². The summed E-state index contributed by atoms with van der Waals surface area (Å²) in [5.74, 6) is 0.997. The van der Waals surface area contributed by atoms with Gasteiger partial charge in [0.25, 0.3) is 0 Å². The Labute approximate surface area is 109 Å². The number of nitrogens with zero attached hydrogens (tertiary/aromatic N) is 3. The van der Waals surface area contributed by atoms with Crippen molar-refractivity contribution in [2.45, 2.75) is 0 Å². The summed E-state index contributed by atoms with van der Waals surface area (Å²) in [6, 6.07) is 9.22. The molecule has 1 radical (unpaired) electrons. The maximum atomic E-state index is 4.63. The van der Waals surface area contributed by atoms with Crippen LogP contribution in [0.1, 0.15) is 0 Å². The van der Waals surface area contributed by atoms with Crippen LogP contribution in [0.25, 0.3) is 10.1 Å². The van der Waals surface area contributed by atoms with E-state index in [-0.39, 0.29) is 0 Å². The summed E-state index contributed by atoms with van der Waals surface area (Å²) in [6.07, 6.45) is 8.13. The molecule has 0 amide bonds. The van der Waals surface area contributed by atoms with Gasteiger partial charge in [-0.15, -0.1) is 11.3 Å². The van der Waals surface area contributed by atoms with Gasteiger partial charge in [-0.1, -0.05) is 12.1 Å². The lowest BCUT2D eigenvalue weighted by molar-refractivity contribution is 0.590. The molecule has 0 saturated carbocycles. The van der Waals surface area contributed by atoms with Crippen LogP contribution in [0.5, 0.6) is 0 Å². The summed E-state index contributed by atoms with van der Waals surface area (Å²) in [4.78, 5) is 2.14. The molecule has 3 nitrogen and oxygen atoms in total. The van der Waals surface area contributed by atoms with E-state index in [0.29, 0.717) is 0 Å². The largest absolute Gasteiger partial charge is 0.311 e. The summed E-state index contributed by atoms with van der Waals surface area (Å²) in [5, 5.41) is 10.1. The Bertz CT molecular complexity index is 696. The summed E-state index contributed by atoms with van der Waals surface area (Å²) < 4.78 is 1.28. The quantitative estimate of drug-likeness (QED) is 0.776. The second kappa shape index (κ2) is 3.71. The van der Waals surface area contributed by atoms with E-state index in [1.54, 1.807) is 11.3 Å². The lowest BCUT2D eigenvalue weighted by Crippen LogP contribution is -2.25. The average Bonchev–Trinajstić information content (AvgIpc) is 3.02. The number of thiophene rings is 1. The van der Waals surface area contributed by atoms with Gasteiger partial charge in [-0.2, -0.15) is 5.10 Å². The monoisotopic (exact) mass is 252 g/mol. The maximum absolute atomic E-state index is 4.63. The molecule has 0 bridgehead atoms. The summed E-state index contributed by atoms with van der Waals surface area (Å²) >= 11 is 1.75. The molecule has 3 heterocycles. The third-order valence-corrected chi connectivity index (χ3v) is 4.05. The van der Waals surface area contributed by atoms with Gasteiger partial charge in [0.15, 0.2) is 5.84 Å². The molecule has 0 atom stereocenters. The molecule has 4 heteroatoms. The van der Waals surface area contributed by atoms with Crippen molar-refractivity contribution in [3.05, 3.63) is 54.1 Å². The molecule has 87 valence electrons. The minimum atomic E-state index is 0.775. The lowest BCUT2D eigenvalue weighted by atomic mass is 10.2. The molecular formula is C14H10N3S. The van der Waals surface area contributed by atoms with Gasteiger partial charge in [0.2, 0.25) is 0 Å². The standard InChI is InChI=1S/C14H10N3S/c1-2-6-13-11(5-1)12(9-18-13)17-10-16-8-4-3-7-14(16)15-17/h2-9H,10H2. The molecule has 2 aliphatic rings.